The highest BCUT2D eigenvalue weighted by Crippen LogP contribution is 2.39. The van der Waals surface area contributed by atoms with Crippen molar-refractivity contribution in [3.05, 3.63) is 70.0 Å². The molecule has 0 aromatic heterocycles. The second-order valence-electron chi connectivity index (χ2n) is 7.50. The number of nitrogens with one attached hydrogen (secondary N) is 1. The Morgan fingerprint density at radius 1 is 1.30 bits per heavy atom. The fraction of sp³-hybridized carbons (Fsp3) is 0.391. The van der Waals surface area contributed by atoms with Crippen LogP contribution in [0.1, 0.15) is 37.8 Å². The summed E-state index contributed by atoms with van der Waals surface area (Å²) in [5.74, 6) is -1.35. The number of nitrogens with zero attached hydrogens (tertiary/aromatic N) is 2. The second kappa shape index (κ2) is 8.73. The van der Waals surface area contributed by atoms with Crippen LogP contribution in [-0.4, -0.2) is 46.9 Å². The number of halogens is 1. The van der Waals surface area contributed by atoms with Gasteiger partial charge in [0, 0.05) is 43.5 Å². The van der Waals surface area contributed by atoms with Crippen molar-refractivity contribution in [1.29, 1.82) is 0 Å². The Balaban J connectivity index is 1.87. The van der Waals surface area contributed by atoms with Gasteiger partial charge in [0.25, 0.3) is 11.8 Å². The van der Waals surface area contributed by atoms with Crippen molar-refractivity contribution in [2.75, 3.05) is 20.1 Å². The smallest absolute Gasteiger partial charge is 0.274 e. The first-order valence-corrected chi connectivity index (χ1v) is 10.2. The van der Waals surface area contributed by atoms with Crippen LogP contribution in [0.15, 0.2) is 53.1 Å². The average Bonchev–Trinajstić information content (AvgIpc) is 3.21. The molecule has 6 nitrogen and oxygen atoms in total. The maximum atomic E-state index is 14.5. The van der Waals surface area contributed by atoms with Gasteiger partial charge in [-0.25, -0.2) is 4.39 Å². The van der Waals surface area contributed by atoms with Crippen LogP contribution in [-0.2, 0) is 22.6 Å². The van der Waals surface area contributed by atoms with Crippen molar-refractivity contribution >= 4 is 11.8 Å². The van der Waals surface area contributed by atoms with Crippen LogP contribution in [0.2, 0.25) is 0 Å². The summed E-state index contributed by atoms with van der Waals surface area (Å²) in [6, 6.07) is 5.12. The van der Waals surface area contributed by atoms with Crippen LogP contribution in [0.3, 0.4) is 0 Å². The van der Waals surface area contributed by atoms with Crippen LogP contribution >= 0.6 is 0 Å². The number of likely N-dealkylation sites (N-methyl/N-ethyl adjacent to an activating group) is 1. The predicted octanol–water partition coefficient (Wildman–Crippen LogP) is 3.17. The molecule has 2 N–H and O–H groups in total. The van der Waals surface area contributed by atoms with E-state index in [4.69, 9.17) is 0 Å². The number of aliphatic hydroxyl groups excluding tert-OH is 1. The molecule has 0 spiro atoms. The number of hydrogen-bond acceptors (Lipinski definition) is 4. The Hall–Kier alpha value is -3.09. The Kier molecular flexibility index (Phi) is 6.29. The van der Waals surface area contributed by atoms with Gasteiger partial charge in [0.2, 0.25) is 0 Å². The highest BCUT2D eigenvalue weighted by molar-refractivity contribution is 6.03. The van der Waals surface area contributed by atoms with Gasteiger partial charge < -0.3 is 20.2 Å². The molecule has 0 bridgehead atoms. The van der Waals surface area contributed by atoms with Crippen LogP contribution in [0.25, 0.3) is 0 Å². The monoisotopic (exact) mass is 413 g/mol. The molecule has 2 aliphatic heterocycles. The van der Waals surface area contributed by atoms with Gasteiger partial charge in [-0.2, -0.15) is 0 Å². The quantitative estimate of drug-likeness (QED) is 0.751. The number of rotatable bonds is 6. The third-order valence-electron chi connectivity index (χ3n) is 5.72. The number of carbonyl (C=O) groups excluding carboxylic acids is 2. The first-order valence-electron chi connectivity index (χ1n) is 10.2. The summed E-state index contributed by atoms with van der Waals surface area (Å²) in [6.07, 6.45) is 1.92. The molecule has 0 saturated carbocycles. The molecule has 3 rings (SSSR count). The van der Waals surface area contributed by atoms with E-state index in [0.717, 1.165) is 6.42 Å². The lowest BCUT2D eigenvalue weighted by Crippen LogP contribution is -2.39. The minimum absolute atomic E-state index is 0.0252. The van der Waals surface area contributed by atoms with Crippen LogP contribution in [0.5, 0.6) is 0 Å². The van der Waals surface area contributed by atoms with Gasteiger partial charge in [0.1, 0.15) is 11.5 Å². The van der Waals surface area contributed by atoms with Crippen molar-refractivity contribution in [1.82, 2.24) is 15.1 Å². The van der Waals surface area contributed by atoms with E-state index in [-0.39, 0.29) is 40.9 Å². The number of amides is 2. The second-order valence-corrected chi connectivity index (χ2v) is 7.50. The van der Waals surface area contributed by atoms with Crippen LogP contribution in [0.4, 0.5) is 4.39 Å². The van der Waals surface area contributed by atoms with Crippen molar-refractivity contribution in [2.24, 2.45) is 0 Å². The largest absolute Gasteiger partial charge is 0.505 e. The molecule has 30 heavy (non-hydrogen) atoms. The molecule has 2 amide bonds. The Morgan fingerprint density at radius 2 is 2.00 bits per heavy atom. The highest BCUT2D eigenvalue weighted by Gasteiger charge is 2.39. The summed E-state index contributed by atoms with van der Waals surface area (Å²) in [5, 5.41) is 13.5. The number of allylic oxidation sites excluding steroid dienone is 2. The van der Waals surface area contributed by atoms with E-state index in [1.54, 1.807) is 30.1 Å². The molecular weight excluding hydrogens is 385 g/mol. The molecule has 160 valence electrons. The van der Waals surface area contributed by atoms with Crippen molar-refractivity contribution < 1.29 is 19.1 Å². The summed E-state index contributed by atoms with van der Waals surface area (Å²) >= 11 is 0. The van der Waals surface area contributed by atoms with E-state index in [2.05, 4.69) is 11.9 Å². The zero-order valence-corrected chi connectivity index (χ0v) is 17.7. The van der Waals surface area contributed by atoms with Gasteiger partial charge in [-0.1, -0.05) is 31.7 Å². The number of fused-ring (bicyclic) bond motifs is 1. The fourth-order valence-electron chi connectivity index (χ4n) is 3.86. The predicted molar refractivity (Wildman–Crippen MR) is 113 cm³/mol. The minimum atomic E-state index is -0.440. The Morgan fingerprint density at radius 3 is 2.67 bits per heavy atom. The number of aliphatic hydroxyl groups is 1. The number of aryl methyl sites for hydroxylation is 1. The summed E-state index contributed by atoms with van der Waals surface area (Å²) in [5.41, 5.74) is 2.21. The average molecular weight is 413 g/mol. The summed E-state index contributed by atoms with van der Waals surface area (Å²) in [4.78, 5) is 29.0. The summed E-state index contributed by atoms with van der Waals surface area (Å²) < 4.78 is 14.5. The lowest BCUT2D eigenvalue weighted by atomic mass is 9.95. The lowest BCUT2D eigenvalue weighted by Gasteiger charge is -2.32. The minimum Gasteiger partial charge on any atom is -0.505 e. The molecule has 0 radical (unpaired) electrons. The normalized spacial score (nSPS) is 16.1. The van der Waals surface area contributed by atoms with E-state index in [0.29, 0.717) is 42.8 Å². The van der Waals surface area contributed by atoms with Crippen molar-refractivity contribution in [3.63, 3.8) is 0 Å². The van der Waals surface area contributed by atoms with Gasteiger partial charge in [0.15, 0.2) is 5.76 Å². The summed E-state index contributed by atoms with van der Waals surface area (Å²) in [7, 11) is 1.66. The lowest BCUT2D eigenvalue weighted by molar-refractivity contribution is -0.127. The van der Waals surface area contributed by atoms with Crippen LogP contribution < -0.4 is 5.32 Å². The first kappa shape index (κ1) is 21.6. The summed E-state index contributed by atoms with van der Waals surface area (Å²) in [6.45, 7) is 8.65. The van der Waals surface area contributed by atoms with Gasteiger partial charge in [-0.3, -0.25) is 9.59 Å². The molecule has 2 heterocycles. The standard InChI is InChI=1S/C23H28FN3O3/c1-5-15-9-7-10-16(19(15)24)13-25-22(29)18-14(3)21(28)20(23(30)26(4)6-2)27-12-8-11-17(18)27/h7,9-10,28H,3,5-6,8,11-13H2,1-2,4H3,(H,25,29). The molecule has 7 heteroatoms. The molecule has 1 fully saturated rings. The van der Waals surface area contributed by atoms with Crippen molar-refractivity contribution in [2.45, 2.75) is 39.7 Å². The number of hydrogen-bond donors (Lipinski definition) is 2. The molecule has 1 aromatic rings. The van der Waals surface area contributed by atoms with Crippen LogP contribution in [0, 0.1) is 5.82 Å². The maximum Gasteiger partial charge on any atom is 0.274 e. The van der Waals surface area contributed by atoms with E-state index in [9.17, 15) is 19.1 Å². The molecule has 1 saturated heterocycles. The third-order valence-corrected chi connectivity index (χ3v) is 5.72. The number of carbonyl (C=O) groups is 2. The molecule has 0 atom stereocenters. The third kappa shape index (κ3) is 3.72. The molecule has 2 aliphatic rings. The van der Waals surface area contributed by atoms with E-state index in [1.165, 1.54) is 4.90 Å². The highest BCUT2D eigenvalue weighted by atomic mass is 19.1. The topological polar surface area (TPSA) is 72.9 Å². The fourth-order valence-corrected chi connectivity index (χ4v) is 3.86. The van der Waals surface area contributed by atoms with Gasteiger partial charge in [-0.15, -0.1) is 0 Å². The zero-order valence-electron chi connectivity index (χ0n) is 17.7. The molecule has 1 aromatic carbocycles. The first-order chi connectivity index (χ1) is 14.3. The van der Waals surface area contributed by atoms with Gasteiger partial charge >= 0.3 is 0 Å². The van der Waals surface area contributed by atoms with Gasteiger partial charge in [-0.05, 0) is 31.7 Å². The Bertz CT molecular complexity index is 964. The molecule has 0 aliphatic carbocycles. The SMILES string of the molecule is C=C1C(O)=C(C(=O)N(C)CC)N2CCCC2=C1C(=O)NCc1cccc(CC)c1F. The van der Waals surface area contributed by atoms with Gasteiger partial charge in [0.05, 0.1) is 5.57 Å². The van der Waals surface area contributed by atoms with E-state index >= 15 is 0 Å². The number of benzene rings is 1. The maximum absolute atomic E-state index is 14.5. The van der Waals surface area contributed by atoms with Crippen molar-refractivity contribution in [3.8, 4) is 0 Å². The molecule has 0 unspecified atom stereocenters. The van der Waals surface area contributed by atoms with E-state index < -0.39 is 5.91 Å². The molecular formula is C23H28FN3O3. The Labute approximate surface area is 176 Å². The van der Waals surface area contributed by atoms with E-state index in [1.807, 2.05) is 13.8 Å². The zero-order chi connectivity index (χ0) is 22.0.